The van der Waals surface area contributed by atoms with Gasteiger partial charge in [-0.2, -0.15) is 13.2 Å². The highest BCUT2D eigenvalue weighted by molar-refractivity contribution is 6.30. The van der Waals surface area contributed by atoms with E-state index in [2.05, 4.69) is 4.98 Å². The van der Waals surface area contributed by atoms with Gasteiger partial charge in [0, 0.05) is 6.20 Å². The molecule has 1 rings (SSSR count). The molecule has 1 nitrogen and oxygen atoms in total. The van der Waals surface area contributed by atoms with E-state index in [0.29, 0.717) is 6.07 Å². The normalized spacial score (nSPS) is 12.2. The summed E-state index contributed by atoms with van der Waals surface area (Å²) in [7, 11) is 0. The number of alkyl halides is 5. The number of rotatable bonds is 1. The SMILES string of the molecule is FC(F)c1c(C(F)(F)F)ccnc1Cl. The fourth-order valence-corrected chi connectivity index (χ4v) is 1.14. The maximum atomic E-state index is 12.2. The minimum Gasteiger partial charge on any atom is -0.244 e. The van der Waals surface area contributed by atoms with Crippen molar-refractivity contribution in [3.8, 4) is 0 Å². The van der Waals surface area contributed by atoms with Gasteiger partial charge in [0.2, 0.25) is 0 Å². The summed E-state index contributed by atoms with van der Waals surface area (Å²) in [5.41, 5.74) is -2.73. The number of aromatic nitrogens is 1. The third-order valence-corrected chi connectivity index (χ3v) is 1.77. The van der Waals surface area contributed by atoms with Gasteiger partial charge in [-0.05, 0) is 6.07 Å². The number of hydrogen-bond donors (Lipinski definition) is 0. The highest BCUT2D eigenvalue weighted by Crippen LogP contribution is 2.38. The van der Waals surface area contributed by atoms with E-state index in [1.807, 2.05) is 0 Å². The van der Waals surface area contributed by atoms with Crippen molar-refractivity contribution in [2.75, 3.05) is 0 Å². The molecule has 0 aliphatic rings. The Morgan fingerprint density at radius 1 is 1.29 bits per heavy atom. The van der Waals surface area contributed by atoms with Gasteiger partial charge < -0.3 is 0 Å². The molecule has 0 amide bonds. The van der Waals surface area contributed by atoms with E-state index < -0.39 is 28.9 Å². The molecule has 0 N–H and O–H groups in total. The predicted octanol–water partition coefficient (Wildman–Crippen LogP) is 3.69. The van der Waals surface area contributed by atoms with Crippen LogP contribution in [0.1, 0.15) is 17.6 Å². The van der Waals surface area contributed by atoms with Crippen molar-refractivity contribution in [1.82, 2.24) is 4.98 Å². The monoisotopic (exact) mass is 231 g/mol. The van der Waals surface area contributed by atoms with Crippen LogP contribution >= 0.6 is 11.6 Å². The van der Waals surface area contributed by atoms with Crippen molar-refractivity contribution in [2.45, 2.75) is 12.6 Å². The summed E-state index contributed by atoms with van der Waals surface area (Å²) >= 11 is 5.14. The minimum atomic E-state index is -4.85. The second-order valence-corrected chi connectivity index (χ2v) is 2.72. The van der Waals surface area contributed by atoms with Crippen molar-refractivity contribution < 1.29 is 22.0 Å². The lowest BCUT2D eigenvalue weighted by Gasteiger charge is -2.12. The van der Waals surface area contributed by atoms with E-state index in [0.717, 1.165) is 6.20 Å². The summed E-state index contributed by atoms with van der Waals surface area (Å²) in [5, 5.41) is -0.824. The van der Waals surface area contributed by atoms with Crippen molar-refractivity contribution in [2.24, 2.45) is 0 Å². The standard InChI is InChI=1S/C7H3ClF5N/c8-5-4(6(9)10)3(1-2-14-5)7(11,12)13/h1-2,6H. The highest BCUT2D eigenvalue weighted by atomic mass is 35.5. The molecule has 0 aliphatic heterocycles. The Kier molecular flexibility index (Phi) is 2.94. The first kappa shape index (κ1) is 11.2. The average molecular weight is 232 g/mol. The largest absolute Gasteiger partial charge is 0.417 e. The van der Waals surface area contributed by atoms with Gasteiger partial charge in [-0.25, -0.2) is 13.8 Å². The zero-order chi connectivity index (χ0) is 10.9. The van der Waals surface area contributed by atoms with Gasteiger partial charge in [0.05, 0.1) is 11.1 Å². The molecule has 0 aliphatic carbocycles. The molecule has 0 radical (unpaired) electrons. The van der Waals surface area contributed by atoms with Crippen LogP contribution in [0.4, 0.5) is 22.0 Å². The average Bonchev–Trinajstić information content (AvgIpc) is 2.01. The Balaban J connectivity index is 3.36. The van der Waals surface area contributed by atoms with Crippen LogP contribution < -0.4 is 0 Å². The summed E-state index contributed by atoms with van der Waals surface area (Å²) in [6.45, 7) is 0. The molecule has 1 aromatic heterocycles. The first-order valence-corrected chi connectivity index (χ1v) is 3.71. The number of hydrogen-bond acceptors (Lipinski definition) is 1. The quantitative estimate of drug-likeness (QED) is 0.531. The van der Waals surface area contributed by atoms with Gasteiger partial charge in [-0.1, -0.05) is 11.6 Å². The van der Waals surface area contributed by atoms with Crippen LogP contribution in [0.25, 0.3) is 0 Å². The van der Waals surface area contributed by atoms with Crippen LogP contribution in [-0.2, 0) is 6.18 Å². The molecule has 14 heavy (non-hydrogen) atoms. The number of halogens is 6. The van der Waals surface area contributed by atoms with Crippen LogP contribution in [-0.4, -0.2) is 4.98 Å². The maximum Gasteiger partial charge on any atom is 0.417 e. The van der Waals surface area contributed by atoms with Crippen LogP contribution in [0, 0.1) is 0 Å². The van der Waals surface area contributed by atoms with Gasteiger partial charge in [0.25, 0.3) is 6.43 Å². The molecule has 78 valence electrons. The molecule has 7 heteroatoms. The van der Waals surface area contributed by atoms with Gasteiger partial charge in [-0.3, -0.25) is 0 Å². The van der Waals surface area contributed by atoms with E-state index in [4.69, 9.17) is 11.6 Å². The van der Waals surface area contributed by atoms with Crippen molar-refractivity contribution in [3.63, 3.8) is 0 Å². The summed E-state index contributed by atoms with van der Waals surface area (Å²) in [4.78, 5) is 3.16. The highest BCUT2D eigenvalue weighted by Gasteiger charge is 2.37. The van der Waals surface area contributed by atoms with Gasteiger partial charge in [0.1, 0.15) is 5.15 Å². The summed E-state index contributed by atoms with van der Waals surface area (Å²) < 4.78 is 60.9. The molecule has 0 bridgehead atoms. The Morgan fingerprint density at radius 2 is 1.86 bits per heavy atom. The third-order valence-electron chi connectivity index (χ3n) is 1.47. The predicted molar refractivity (Wildman–Crippen MR) is 39.2 cm³/mol. The van der Waals surface area contributed by atoms with E-state index in [9.17, 15) is 22.0 Å². The molecule has 1 aromatic rings. The Labute approximate surface area is 80.5 Å². The first-order valence-electron chi connectivity index (χ1n) is 3.33. The van der Waals surface area contributed by atoms with Gasteiger partial charge in [-0.15, -0.1) is 0 Å². The van der Waals surface area contributed by atoms with Crippen LogP contribution in [0.5, 0.6) is 0 Å². The molecule has 0 aromatic carbocycles. The Hall–Kier alpha value is -0.910. The summed E-state index contributed by atoms with van der Waals surface area (Å²) in [6, 6.07) is 0.466. The topological polar surface area (TPSA) is 12.9 Å². The lowest BCUT2D eigenvalue weighted by atomic mass is 10.1. The Morgan fingerprint density at radius 3 is 2.21 bits per heavy atom. The second kappa shape index (κ2) is 3.68. The smallest absolute Gasteiger partial charge is 0.244 e. The third kappa shape index (κ3) is 2.12. The molecular formula is C7H3ClF5N. The lowest BCUT2D eigenvalue weighted by molar-refractivity contribution is -0.139. The fraction of sp³-hybridized carbons (Fsp3) is 0.286. The molecule has 0 saturated heterocycles. The maximum absolute atomic E-state index is 12.2. The Bertz CT molecular complexity index is 335. The lowest BCUT2D eigenvalue weighted by Crippen LogP contribution is -2.10. The van der Waals surface area contributed by atoms with Gasteiger partial charge >= 0.3 is 6.18 Å². The van der Waals surface area contributed by atoms with E-state index in [1.165, 1.54) is 0 Å². The number of pyridine rings is 1. The van der Waals surface area contributed by atoms with Crippen molar-refractivity contribution >= 4 is 11.6 Å². The van der Waals surface area contributed by atoms with Crippen LogP contribution in [0.3, 0.4) is 0 Å². The number of nitrogens with zero attached hydrogens (tertiary/aromatic N) is 1. The molecular weight excluding hydrogens is 229 g/mol. The van der Waals surface area contributed by atoms with Crippen LogP contribution in [0.2, 0.25) is 5.15 Å². The molecule has 0 unspecified atom stereocenters. The molecule has 1 heterocycles. The molecule has 0 spiro atoms. The zero-order valence-electron chi connectivity index (χ0n) is 6.45. The summed E-state index contributed by atoms with van der Waals surface area (Å²) in [6.07, 6.45) is -7.41. The van der Waals surface area contributed by atoms with E-state index in [1.54, 1.807) is 0 Å². The molecule has 0 saturated carbocycles. The van der Waals surface area contributed by atoms with Crippen molar-refractivity contribution in [1.29, 1.82) is 0 Å². The fourth-order valence-electron chi connectivity index (χ4n) is 0.902. The first-order chi connectivity index (χ1) is 6.34. The van der Waals surface area contributed by atoms with Crippen LogP contribution in [0.15, 0.2) is 12.3 Å². The van der Waals surface area contributed by atoms with Crippen molar-refractivity contribution in [3.05, 3.63) is 28.5 Å². The minimum absolute atomic E-state index is 0.466. The van der Waals surface area contributed by atoms with E-state index >= 15 is 0 Å². The second-order valence-electron chi connectivity index (χ2n) is 2.36. The van der Waals surface area contributed by atoms with E-state index in [-0.39, 0.29) is 0 Å². The molecule has 0 fully saturated rings. The summed E-state index contributed by atoms with van der Waals surface area (Å²) in [5.74, 6) is 0. The zero-order valence-corrected chi connectivity index (χ0v) is 7.20. The van der Waals surface area contributed by atoms with Gasteiger partial charge in [0.15, 0.2) is 0 Å². The molecule has 0 atom stereocenters.